The van der Waals surface area contributed by atoms with Crippen molar-refractivity contribution in [1.29, 1.82) is 0 Å². The van der Waals surface area contributed by atoms with Crippen LogP contribution in [0.2, 0.25) is 0 Å². The molecule has 0 fully saturated rings. The lowest BCUT2D eigenvalue weighted by atomic mass is 10.0. The van der Waals surface area contributed by atoms with Gasteiger partial charge in [0.05, 0.1) is 37.4 Å². The van der Waals surface area contributed by atoms with Gasteiger partial charge >= 0.3 is 0 Å². The van der Waals surface area contributed by atoms with Crippen molar-refractivity contribution in [1.82, 2.24) is 19.3 Å². The molecule has 2 heterocycles. The lowest BCUT2D eigenvalue weighted by Gasteiger charge is -2.17. The van der Waals surface area contributed by atoms with Crippen LogP contribution in [0.1, 0.15) is 21.7 Å². The Bertz CT molecular complexity index is 1400. The number of pyridine rings is 1. The van der Waals surface area contributed by atoms with Crippen LogP contribution in [0.3, 0.4) is 0 Å². The minimum Gasteiger partial charge on any atom is -0.493 e. The predicted octanol–water partition coefficient (Wildman–Crippen LogP) is 2.41. The van der Waals surface area contributed by atoms with Crippen LogP contribution in [0.25, 0.3) is 22.0 Å². The van der Waals surface area contributed by atoms with E-state index in [1.807, 2.05) is 18.2 Å². The molecule has 150 valence electrons. The number of methoxy groups -OCH3 is 2. The molecule has 8 nitrogen and oxygen atoms in total. The van der Waals surface area contributed by atoms with Gasteiger partial charge in [0.1, 0.15) is 6.33 Å². The summed E-state index contributed by atoms with van der Waals surface area (Å²) in [5.74, 6) is 1.07. The number of hydrogen-bond acceptors (Lipinski definition) is 6. The molecule has 30 heavy (non-hydrogen) atoms. The van der Waals surface area contributed by atoms with Gasteiger partial charge in [-0.05, 0) is 12.1 Å². The van der Waals surface area contributed by atoms with Crippen molar-refractivity contribution in [2.24, 2.45) is 7.05 Å². The van der Waals surface area contributed by atoms with Crippen molar-refractivity contribution in [3.8, 4) is 22.8 Å². The van der Waals surface area contributed by atoms with Gasteiger partial charge < -0.3 is 9.47 Å². The number of hydrogen-bond donors (Lipinski definition) is 0. The van der Waals surface area contributed by atoms with Crippen LogP contribution >= 0.6 is 0 Å². The summed E-state index contributed by atoms with van der Waals surface area (Å²) in [5.41, 5.74) is 2.05. The fourth-order valence-electron chi connectivity index (χ4n) is 4.13. The van der Waals surface area contributed by atoms with Gasteiger partial charge in [-0.25, -0.2) is 4.98 Å². The number of nitrogens with zero attached hydrogens (tertiary/aromatic N) is 4. The van der Waals surface area contributed by atoms with Crippen LogP contribution in [0.4, 0.5) is 0 Å². The van der Waals surface area contributed by atoms with Crippen LogP contribution in [0.5, 0.6) is 11.5 Å². The van der Waals surface area contributed by atoms with Gasteiger partial charge in [0.25, 0.3) is 5.56 Å². The highest BCUT2D eigenvalue weighted by atomic mass is 16.5. The average Bonchev–Trinajstić information content (AvgIpc) is 3.31. The van der Waals surface area contributed by atoms with E-state index in [9.17, 15) is 9.59 Å². The van der Waals surface area contributed by atoms with E-state index >= 15 is 0 Å². The molecule has 2 aromatic heterocycles. The molecule has 5 rings (SSSR count). The van der Waals surface area contributed by atoms with E-state index in [0.717, 1.165) is 5.56 Å². The largest absolute Gasteiger partial charge is 0.493 e. The molecule has 0 spiro atoms. The normalized spacial score (nSPS) is 12.2. The molecular weight excluding hydrogens is 384 g/mol. The zero-order chi connectivity index (χ0) is 21.0. The maximum Gasteiger partial charge on any atom is 0.263 e. The third kappa shape index (κ3) is 2.40. The molecule has 0 N–H and O–H groups in total. The third-order valence-electron chi connectivity index (χ3n) is 5.38. The lowest BCUT2D eigenvalue weighted by molar-refractivity contribution is 0.104. The first-order valence-corrected chi connectivity index (χ1v) is 9.35. The Kier molecular flexibility index (Phi) is 3.95. The summed E-state index contributed by atoms with van der Waals surface area (Å²) in [6.45, 7) is 0.125. The molecule has 4 aromatic rings. The summed E-state index contributed by atoms with van der Waals surface area (Å²) in [6.07, 6.45) is 1.57. The first-order chi connectivity index (χ1) is 14.5. The van der Waals surface area contributed by atoms with Gasteiger partial charge in [0.2, 0.25) is 0 Å². The smallest absolute Gasteiger partial charge is 0.263 e. The number of aromatic nitrogens is 4. The van der Waals surface area contributed by atoms with Crippen LogP contribution in [0, 0.1) is 0 Å². The van der Waals surface area contributed by atoms with Crippen LogP contribution < -0.4 is 15.0 Å². The van der Waals surface area contributed by atoms with E-state index in [1.165, 1.54) is 14.2 Å². The zero-order valence-electron chi connectivity index (χ0n) is 16.7. The standard InChI is InChI=1S/C22H18N4O4/c1-25-11-23-16(24-25)10-26-19-12-6-4-5-7-13(12)20(27)17(19)14-8-9-15(29-2)21(30-3)18(14)22(26)28/h4-9,11H,10H2,1-3H3. The van der Waals surface area contributed by atoms with Gasteiger partial charge in [-0.15, -0.1) is 0 Å². The summed E-state index contributed by atoms with van der Waals surface area (Å²) in [5, 5.41) is 5.15. The molecule has 0 atom stereocenters. The number of rotatable bonds is 4. The van der Waals surface area contributed by atoms with Crippen molar-refractivity contribution >= 4 is 16.6 Å². The molecule has 1 aliphatic carbocycles. The highest BCUT2D eigenvalue weighted by Gasteiger charge is 2.34. The minimum absolute atomic E-state index is 0.124. The number of ketones is 1. The Hall–Kier alpha value is -3.94. The molecule has 0 radical (unpaired) electrons. The number of benzene rings is 2. The van der Waals surface area contributed by atoms with Crippen LogP contribution in [-0.4, -0.2) is 39.3 Å². The van der Waals surface area contributed by atoms with Crippen LogP contribution in [-0.2, 0) is 13.6 Å². The lowest BCUT2D eigenvalue weighted by Crippen LogP contribution is -2.25. The van der Waals surface area contributed by atoms with Gasteiger partial charge in [-0.1, -0.05) is 24.3 Å². The van der Waals surface area contributed by atoms with E-state index in [-0.39, 0.29) is 17.9 Å². The van der Waals surface area contributed by atoms with Crippen molar-refractivity contribution in [2.75, 3.05) is 14.2 Å². The topological polar surface area (TPSA) is 88.2 Å². The summed E-state index contributed by atoms with van der Waals surface area (Å²) in [7, 11) is 4.75. The van der Waals surface area contributed by atoms with Crippen molar-refractivity contribution in [3.63, 3.8) is 0 Å². The first-order valence-electron chi connectivity index (χ1n) is 9.35. The Balaban J connectivity index is 1.93. The predicted molar refractivity (Wildman–Crippen MR) is 110 cm³/mol. The molecule has 0 aliphatic heterocycles. The maximum absolute atomic E-state index is 13.7. The van der Waals surface area contributed by atoms with Gasteiger partial charge in [0.15, 0.2) is 23.1 Å². The molecule has 0 bridgehead atoms. The van der Waals surface area contributed by atoms with E-state index < -0.39 is 0 Å². The molecular formula is C22H18N4O4. The Morgan fingerprint density at radius 3 is 2.43 bits per heavy atom. The third-order valence-corrected chi connectivity index (χ3v) is 5.38. The Morgan fingerprint density at radius 2 is 1.77 bits per heavy atom. The first kappa shape index (κ1) is 18.1. The highest BCUT2D eigenvalue weighted by molar-refractivity contribution is 6.27. The number of aryl methyl sites for hydroxylation is 1. The fraction of sp³-hybridized carbons (Fsp3) is 0.182. The molecule has 0 amide bonds. The summed E-state index contributed by atoms with van der Waals surface area (Å²) in [6, 6.07) is 10.8. The molecule has 0 saturated heterocycles. The number of carbonyl (C=O) groups excluding carboxylic acids is 1. The monoisotopic (exact) mass is 402 g/mol. The molecule has 0 saturated carbocycles. The SMILES string of the molecule is COc1ccc2c3c(n(Cc4ncn(C)n4)c(=O)c2c1OC)-c1ccccc1C3=O. The second-order valence-corrected chi connectivity index (χ2v) is 7.05. The Morgan fingerprint density at radius 1 is 1.00 bits per heavy atom. The minimum atomic E-state index is -0.295. The van der Waals surface area contributed by atoms with Gasteiger partial charge in [0, 0.05) is 23.6 Å². The summed E-state index contributed by atoms with van der Waals surface area (Å²) >= 11 is 0. The molecule has 8 heteroatoms. The molecule has 2 aromatic carbocycles. The van der Waals surface area contributed by atoms with Crippen molar-refractivity contribution < 1.29 is 14.3 Å². The summed E-state index contributed by atoms with van der Waals surface area (Å²) in [4.78, 5) is 31.3. The van der Waals surface area contributed by atoms with E-state index in [2.05, 4.69) is 10.1 Å². The second-order valence-electron chi connectivity index (χ2n) is 7.05. The van der Waals surface area contributed by atoms with Crippen LogP contribution in [0.15, 0.2) is 47.5 Å². The number of ether oxygens (including phenoxy) is 2. The molecule has 1 aliphatic rings. The quantitative estimate of drug-likeness (QED) is 0.459. The maximum atomic E-state index is 13.7. The summed E-state index contributed by atoms with van der Waals surface area (Å²) < 4.78 is 14.0. The number of fused-ring (bicyclic) bond motifs is 5. The van der Waals surface area contributed by atoms with Crippen molar-refractivity contribution in [3.05, 3.63) is 70.0 Å². The Labute approximate surface area is 171 Å². The average molecular weight is 402 g/mol. The second kappa shape index (κ2) is 6.55. The highest BCUT2D eigenvalue weighted by Crippen LogP contribution is 2.43. The van der Waals surface area contributed by atoms with E-state index in [1.54, 1.807) is 40.8 Å². The number of carbonyl (C=O) groups is 1. The van der Waals surface area contributed by atoms with Gasteiger partial charge in [-0.3, -0.25) is 18.8 Å². The van der Waals surface area contributed by atoms with E-state index in [0.29, 0.717) is 44.9 Å². The molecule has 0 unspecified atom stereocenters. The van der Waals surface area contributed by atoms with Crippen molar-refractivity contribution in [2.45, 2.75) is 6.54 Å². The fourth-order valence-corrected chi connectivity index (χ4v) is 4.13. The zero-order valence-corrected chi connectivity index (χ0v) is 16.7. The van der Waals surface area contributed by atoms with Gasteiger partial charge in [-0.2, -0.15) is 5.10 Å². The van der Waals surface area contributed by atoms with E-state index in [4.69, 9.17) is 9.47 Å².